The zero-order valence-corrected chi connectivity index (χ0v) is 10.7. The van der Waals surface area contributed by atoms with Crippen LogP contribution in [0.25, 0.3) is 0 Å². The van der Waals surface area contributed by atoms with E-state index < -0.39 is 5.97 Å². The molecule has 17 heavy (non-hydrogen) atoms. The largest absolute Gasteiger partial charge is 0.478 e. The third kappa shape index (κ3) is 3.42. The first-order valence-electron chi connectivity index (χ1n) is 5.52. The first kappa shape index (κ1) is 13.4. The minimum absolute atomic E-state index is 0.249. The predicted molar refractivity (Wildman–Crippen MR) is 67.6 cm³/mol. The Bertz CT molecular complexity index is 405. The molecule has 1 atom stereocenters. The van der Waals surface area contributed by atoms with Crippen LogP contribution in [0.1, 0.15) is 22.8 Å². The van der Waals surface area contributed by atoms with Crippen molar-refractivity contribution in [1.29, 1.82) is 0 Å². The van der Waals surface area contributed by atoms with Crippen LogP contribution in [0.15, 0.2) is 12.3 Å². The fourth-order valence-corrected chi connectivity index (χ4v) is 1.39. The van der Waals surface area contributed by atoms with Gasteiger partial charge in [-0.15, -0.1) is 0 Å². The van der Waals surface area contributed by atoms with Gasteiger partial charge in [0.15, 0.2) is 0 Å². The molecule has 94 valence electrons. The Kier molecular flexibility index (Phi) is 4.45. The highest BCUT2D eigenvalue weighted by molar-refractivity contribution is 5.94. The number of nitrogens with zero attached hydrogens (tertiary/aromatic N) is 2. The highest BCUT2D eigenvalue weighted by atomic mass is 16.4. The van der Waals surface area contributed by atoms with Gasteiger partial charge in [0.25, 0.3) is 0 Å². The topological polar surface area (TPSA) is 65.5 Å². The van der Waals surface area contributed by atoms with Crippen molar-refractivity contribution in [2.24, 2.45) is 0 Å². The lowest BCUT2D eigenvalue weighted by Gasteiger charge is -2.21. The van der Waals surface area contributed by atoms with Gasteiger partial charge < -0.3 is 15.3 Å². The first-order valence-corrected chi connectivity index (χ1v) is 5.52. The molecule has 5 nitrogen and oxygen atoms in total. The van der Waals surface area contributed by atoms with Gasteiger partial charge in [-0.1, -0.05) is 0 Å². The Morgan fingerprint density at radius 2 is 2.24 bits per heavy atom. The normalized spacial score (nSPS) is 12.5. The molecule has 0 radical (unpaired) electrons. The van der Waals surface area contributed by atoms with Crippen LogP contribution < -0.4 is 5.32 Å². The molecule has 0 aliphatic heterocycles. The van der Waals surface area contributed by atoms with Crippen LogP contribution in [-0.2, 0) is 0 Å². The van der Waals surface area contributed by atoms with Crippen LogP contribution in [0.5, 0.6) is 0 Å². The first-order chi connectivity index (χ1) is 7.93. The summed E-state index contributed by atoms with van der Waals surface area (Å²) < 4.78 is 0. The van der Waals surface area contributed by atoms with Gasteiger partial charge in [0.05, 0.1) is 0 Å². The summed E-state index contributed by atoms with van der Waals surface area (Å²) in [4.78, 5) is 17.3. The number of hydrogen-bond acceptors (Lipinski definition) is 4. The number of aromatic carboxylic acids is 1. The number of likely N-dealkylation sites (N-methyl/N-ethyl adjacent to an activating group) is 1. The summed E-state index contributed by atoms with van der Waals surface area (Å²) in [6.07, 6.45) is 1.62. The van der Waals surface area contributed by atoms with E-state index in [1.54, 1.807) is 19.2 Å². The average molecular weight is 237 g/mol. The van der Waals surface area contributed by atoms with Gasteiger partial charge in [0, 0.05) is 18.8 Å². The van der Waals surface area contributed by atoms with Crippen molar-refractivity contribution >= 4 is 11.8 Å². The van der Waals surface area contributed by atoms with Gasteiger partial charge in [-0.05, 0) is 39.6 Å². The van der Waals surface area contributed by atoms with E-state index >= 15 is 0 Å². The summed E-state index contributed by atoms with van der Waals surface area (Å²) >= 11 is 0. The molecule has 0 amide bonds. The number of pyridine rings is 1. The monoisotopic (exact) mass is 237 g/mol. The van der Waals surface area contributed by atoms with E-state index in [-0.39, 0.29) is 5.56 Å². The van der Waals surface area contributed by atoms with Crippen molar-refractivity contribution in [3.8, 4) is 0 Å². The van der Waals surface area contributed by atoms with Gasteiger partial charge in [0.1, 0.15) is 11.4 Å². The molecule has 1 aromatic heterocycles. The van der Waals surface area contributed by atoms with Crippen molar-refractivity contribution in [1.82, 2.24) is 9.88 Å². The number of hydrogen-bond donors (Lipinski definition) is 2. The number of aryl methyl sites for hydroxylation is 1. The molecule has 2 N–H and O–H groups in total. The second kappa shape index (κ2) is 5.63. The van der Waals surface area contributed by atoms with E-state index in [0.717, 1.165) is 0 Å². The lowest BCUT2D eigenvalue weighted by molar-refractivity contribution is 0.0697. The fraction of sp³-hybridized carbons (Fsp3) is 0.500. The highest BCUT2D eigenvalue weighted by Gasteiger charge is 2.15. The number of nitrogens with one attached hydrogen (secondary N) is 1. The van der Waals surface area contributed by atoms with Crippen LogP contribution in [0.3, 0.4) is 0 Å². The van der Waals surface area contributed by atoms with Crippen LogP contribution in [-0.4, -0.2) is 47.6 Å². The van der Waals surface area contributed by atoms with Gasteiger partial charge in [0.2, 0.25) is 0 Å². The molecule has 0 fully saturated rings. The predicted octanol–water partition coefficient (Wildman–Crippen LogP) is 1.45. The molecule has 1 aromatic rings. The highest BCUT2D eigenvalue weighted by Crippen LogP contribution is 2.16. The van der Waals surface area contributed by atoms with Gasteiger partial charge in [-0.25, -0.2) is 9.78 Å². The molecule has 1 unspecified atom stereocenters. The number of carbonyl (C=O) groups is 1. The Hall–Kier alpha value is -1.62. The molecule has 0 aliphatic carbocycles. The van der Waals surface area contributed by atoms with E-state index in [9.17, 15) is 4.79 Å². The maximum atomic E-state index is 11.1. The van der Waals surface area contributed by atoms with E-state index in [1.807, 2.05) is 14.1 Å². The Balaban J connectivity index is 2.84. The molecule has 0 spiro atoms. The maximum Gasteiger partial charge on any atom is 0.339 e. The molecule has 0 aliphatic rings. The molecule has 1 heterocycles. The van der Waals surface area contributed by atoms with Crippen LogP contribution in [0.4, 0.5) is 5.82 Å². The minimum Gasteiger partial charge on any atom is -0.478 e. The van der Waals surface area contributed by atoms with Crippen LogP contribution in [0.2, 0.25) is 0 Å². The number of carboxylic acids is 1. The second-order valence-electron chi connectivity index (χ2n) is 4.35. The third-order valence-corrected chi connectivity index (χ3v) is 2.82. The molecular weight excluding hydrogens is 218 g/mol. The summed E-state index contributed by atoms with van der Waals surface area (Å²) in [5, 5.41) is 12.2. The molecule has 0 bridgehead atoms. The lowest BCUT2D eigenvalue weighted by atomic mass is 10.1. The van der Waals surface area contributed by atoms with Crippen LogP contribution in [0, 0.1) is 6.92 Å². The van der Waals surface area contributed by atoms with Gasteiger partial charge in [-0.2, -0.15) is 0 Å². The fourth-order valence-electron chi connectivity index (χ4n) is 1.39. The average Bonchev–Trinajstić information content (AvgIpc) is 2.24. The Labute approximate surface area is 101 Å². The van der Waals surface area contributed by atoms with E-state index in [0.29, 0.717) is 24.0 Å². The molecule has 1 rings (SSSR count). The molecule has 0 aromatic carbocycles. The SMILES string of the molecule is Cc1ccnc(NCC(C)N(C)C)c1C(=O)O. The van der Waals surface area contributed by atoms with E-state index in [2.05, 4.69) is 22.1 Å². The van der Waals surface area contributed by atoms with Crippen molar-refractivity contribution in [3.05, 3.63) is 23.4 Å². The quantitative estimate of drug-likeness (QED) is 0.811. The minimum atomic E-state index is -0.949. The van der Waals surface area contributed by atoms with Crippen molar-refractivity contribution < 1.29 is 9.90 Å². The summed E-state index contributed by atoms with van der Waals surface area (Å²) in [6, 6.07) is 2.00. The van der Waals surface area contributed by atoms with Crippen molar-refractivity contribution in [2.75, 3.05) is 26.0 Å². The number of aromatic nitrogens is 1. The van der Waals surface area contributed by atoms with Crippen molar-refractivity contribution in [2.45, 2.75) is 19.9 Å². The molecule has 0 saturated carbocycles. The number of carboxylic acid groups (broad SMARTS) is 1. The molecular formula is C12H19N3O2. The van der Waals surface area contributed by atoms with E-state index in [4.69, 9.17) is 5.11 Å². The lowest BCUT2D eigenvalue weighted by Crippen LogP contribution is -2.32. The van der Waals surface area contributed by atoms with E-state index in [1.165, 1.54) is 0 Å². The Morgan fingerprint density at radius 1 is 1.59 bits per heavy atom. The maximum absolute atomic E-state index is 11.1. The van der Waals surface area contributed by atoms with Gasteiger partial charge >= 0.3 is 5.97 Å². The summed E-state index contributed by atoms with van der Waals surface area (Å²) in [5.74, 6) is -0.512. The smallest absolute Gasteiger partial charge is 0.339 e. The van der Waals surface area contributed by atoms with Gasteiger partial charge in [-0.3, -0.25) is 0 Å². The molecule has 5 heteroatoms. The number of rotatable bonds is 5. The Morgan fingerprint density at radius 3 is 2.76 bits per heavy atom. The second-order valence-corrected chi connectivity index (χ2v) is 4.35. The zero-order valence-electron chi connectivity index (χ0n) is 10.7. The summed E-state index contributed by atoms with van der Waals surface area (Å²) in [7, 11) is 3.96. The summed E-state index contributed by atoms with van der Waals surface area (Å²) in [6.45, 7) is 4.48. The molecule has 0 saturated heterocycles. The standard InChI is InChI=1S/C12H19N3O2/c1-8-5-6-13-11(10(8)12(16)17)14-7-9(2)15(3)4/h5-6,9H,7H2,1-4H3,(H,13,14)(H,16,17). The van der Waals surface area contributed by atoms with Crippen molar-refractivity contribution in [3.63, 3.8) is 0 Å². The van der Waals surface area contributed by atoms with Crippen LogP contribution >= 0.6 is 0 Å². The number of anilines is 1. The zero-order chi connectivity index (χ0) is 13.0. The summed E-state index contributed by atoms with van der Waals surface area (Å²) in [5.41, 5.74) is 0.964. The third-order valence-electron chi connectivity index (χ3n) is 2.82.